The molecule has 1 aliphatic rings. The van der Waals surface area contributed by atoms with E-state index in [9.17, 15) is 4.79 Å². The SMILES string of the molecule is CC[C@@H](C(=O)N1CCC(CCOc2ccncc2)CC1)c1ccccc1. The van der Waals surface area contributed by atoms with Crippen LogP contribution in [0.5, 0.6) is 5.75 Å². The molecule has 3 rings (SSSR count). The number of amides is 1. The highest BCUT2D eigenvalue weighted by atomic mass is 16.5. The summed E-state index contributed by atoms with van der Waals surface area (Å²) >= 11 is 0. The molecule has 4 nitrogen and oxygen atoms in total. The maximum atomic E-state index is 12.9. The summed E-state index contributed by atoms with van der Waals surface area (Å²) < 4.78 is 5.78. The van der Waals surface area contributed by atoms with Crippen LogP contribution in [-0.4, -0.2) is 35.5 Å². The Morgan fingerprint density at radius 3 is 2.50 bits per heavy atom. The summed E-state index contributed by atoms with van der Waals surface area (Å²) in [5, 5.41) is 0. The zero-order chi connectivity index (χ0) is 18.2. The van der Waals surface area contributed by atoms with Crippen LogP contribution in [0.25, 0.3) is 0 Å². The Kier molecular flexibility index (Phi) is 6.64. The van der Waals surface area contributed by atoms with Crippen LogP contribution < -0.4 is 4.74 Å². The van der Waals surface area contributed by atoms with Gasteiger partial charge in [0, 0.05) is 25.5 Å². The Morgan fingerprint density at radius 1 is 1.15 bits per heavy atom. The maximum absolute atomic E-state index is 12.9. The molecule has 2 aromatic rings. The average molecular weight is 352 g/mol. The van der Waals surface area contributed by atoms with Crippen molar-refractivity contribution in [2.45, 2.75) is 38.5 Å². The molecule has 0 aliphatic carbocycles. The van der Waals surface area contributed by atoms with E-state index in [4.69, 9.17) is 4.74 Å². The lowest BCUT2D eigenvalue weighted by molar-refractivity contribution is -0.134. The van der Waals surface area contributed by atoms with Crippen LogP contribution in [-0.2, 0) is 4.79 Å². The molecular weight excluding hydrogens is 324 g/mol. The van der Waals surface area contributed by atoms with Gasteiger partial charge in [-0.1, -0.05) is 37.3 Å². The van der Waals surface area contributed by atoms with Gasteiger partial charge in [0.1, 0.15) is 5.75 Å². The minimum atomic E-state index is -0.0113. The number of benzene rings is 1. The Bertz CT molecular complexity index is 667. The molecular formula is C22H28N2O2. The highest BCUT2D eigenvalue weighted by molar-refractivity contribution is 5.83. The van der Waals surface area contributed by atoms with E-state index >= 15 is 0 Å². The average Bonchev–Trinajstić information content (AvgIpc) is 2.71. The number of carbonyl (C=O) groups is 1. The first kappa shape index (κ1) is 18.4. The van der Waals surface area contributed by atoms with Gasteiger partial charge in [0.25, 0.3) is 0 Å². The number of aromatic nitrogens is 1. The van der Waals surface area contributed by atoms with Crippen molar-refractivity contribution in [3.63, 3.8) is 0 Å². The van der Waals surface area contributed by atoms with Gasteiger partial charge in [0.2, 0.25) is 5.91 Å². The molecule has 1 amide bonds. The normalized spacial score (nSPS) is 16.3. The van der Waals surface area contributed by atoms with Crippen molar-refractivity contribution in [2.24, 2.45) is 5.92 Å². The lowest BCUT2D eigenvalue weighted by Gasteiger charge is -2.34. The first-order valence-electron chi connectivity index (χ1n) is 9.64. The molecule has 138 valence electrons. The van der Waals surface area contributed by atoms with E-state index in [-0.39, 0.29) is 11.8 Å². The molecule has 0 radical (unpaired) electrons. The largest absolute Gasteiger partial charge is 0.493 e. The Hall–Kier alpha value is -2.36. The zero-order valence-corrected chi connectivity index (χ0v) is 15.5. The highest BCUT2D eigenvalue weighted by Gasteiger charge is 2.28. The predicted molar refractivity (Wildman–Crippen MR) is 103 cm³/mol. The van der Waals surface area contributed by atoms with Crippen molar-refractivity contribution in [3.05, 3.63) is 60.4 Å². The minimum Gasteiger partial charge on any atom is -0.493 e. The second-order valence-electron chi connectivity index (χ2n) is 6.96. The summed E-state index contributed by atoms with van der Waals surface area (Å²) in [6, 6.07) is 13.9. The van der Waals surface area contributed by atoms with Gasteiger partial charge >= 0.3 is 0 Å². The number of hydrogen-bond acceptors (Lipinski definition) is 3. The number of likely N-dealkylation sites (tertiary alicyclic amines) is 1. The topological polar surface area (TPSA) is 42.4 Å². The fourth-order valence-electron chi connectivity index (χ4n) is 3.68. The molecule has 0 N–H and O–H groups in total. The summed E-state index contributed by atoms with van der Waals surface area (Å²) in [4.78, 5) is 19.0. The molecule has 0 bridgehead atoms. The van der Waals surface area contributed by atoms with Gasteiger partial charge in [0.15, 0.2) is 0 Å². The van der Waals surface area contributed by atoms with E-state index in [0.29, 0.717) is 5.92 Å². The summed E-state index contributed by atoms with van der Waals surface area (Å²) in [5.74, 6) is 1.78. The Balaban J connectivity index is 1.44. The molecule has 1 aliphatic heterocycles. The van der Waals surface area contributed by atoms with Gasteiger partial charge in [-0.05, 0) is 49.3 Å². The van der Waals surface area contributed by atoms with E-state index < -0.39 is 0 Å². The summed E-state index contributed by atoms with van der Waals surface area (Å²) in [5.41, 5.74) is 1.13. The molecule has 0 spiro atoms. The van der Waals surface area contributed by atoms with Crippen LogP contribution >= 0.6 is 0 Å². The quantitative estimate of drug-likeness (QED) is 0.747. The number of hydrogen-bond donors (Lipinski definition) is 0. The molecule has 26 heavy (non-hydrogen) atoms. The molecule has 1 aromatic carbocycles. The summed E-state index contributed by atoms with van der Waals surface area (Å²) in [6.45, 7) is 4.55. The lowest BCUT2D eigenvalue weighted by Crippen LogP contribution is -2.41. The maximum Gasteiger partial charge on any atom is 0.230 e. The molecule has 1 saturated heterocycles. The van der Waals surface area contributed by atoms with Crippen LogP contribution in [0.3, 0.4) is 0 Å². The van der Waals surface area contributed by atoms with Gasteiger partial charge in [-0.15, -0.1) is 0 Å². The molecule has 2 heterocycles. The molecule has 1 atom stereocenters. The fourth-order valence-corrected chi connectivity index (χ4v) is 3.68. The van der Waals surface area contributed by atoms with Crippen molar-refractivity contribution in [1.82, 2.24) is 9.88 Å². The fraction of sp³-hybridized carbons (Fsp3) is 0.455. The third-order valence-corrected chi connectivity index (χ3v) is 5.28. The van der Waals surface area contributed by atoms with Gasteiger partial charge in [-0.25, -0.2) is 0 Å². The summed E-state index contributed by atoms with van der Waals surface area (Å²) in [6.07, 6.45) is 7.52. The van der Waals surface area contributed by atoms with Crippen LogP contribution in [0.4, 0.5) is 0 Å². The van der Waals surface area contributed by atoms with Gasteiger partial charge in [0.05, 0.1) is 12.5 Å². The first-order valence-corrected chi connectivity index (χ1v) is 9.64. The van der Waals surface area contributed by atoms with Crippen molar-refractivity contribution in [1.29, 1.82) is 0 Å². The molecule has 4 heteroatoms. The van der Waals surface area contributed by atoms with Crippen LogP contribution in [0.1, 0.15) is 44.1 Å². The van der Waals surface area contributed by atoms with Crippen LogP contribution in [0.2, 0.25) is 0 Å². The van der Waals surface area contributed by atoms with Crippen LogP contribution in [0.15, 0.2) is 54.9 Å². The number of ether oxygens (including phenoxy) is 1. The van der Waals surface area contributed by atoms with E-state index in [0.717, 1.165) is 56.7 Å². The number of nitrogens with zero attached hydrogens (tertiary/aromatic N) is 2. The second kappa shape index (κ2) is 9.37. The zero-order valence-electron chi connectivity index (χ0n) is 15.5. The lowest BCUT2D eigenvalue weighted by atomic mass is 9.90. The van der Waals surface area contributed by atoms with Crippen molar-refractivity contribution < 1.29 is 9.53 Å². The number of rotatable bonds is 7. The summed E-state index contributed by atoms with van der Waals surface area (Å²) in [7, 11) is 0. The van der Waals surface area contributed by atoms with E-state index in [1.807, 2.05) is 30.3 Å². The monoisotopic (exact) mass is 352 g/mol. The molecule has 0 saturated carbocycles. The van der Waals surface area contributed by atoms with E-state index in [2.05, 4.69) is 28.9 Å². The first-order chi connectivity index (χ1) is 12.8. The number of carbonyl (C=O) groups excluding carboxylic acids is 1. The second-order valence-corrected chi connectivity index (χ2v) is 6.96. The van der Waals surface area contributed by atoms with Gasteiger partial charge in [-0.2, -0.15) is 0 Å². The Morgan fingerprint density at radius 2 is 1.85 bits per heavy atom. The Labute approximate surface area is 156 Å². The standard InChI is InChI=1S/C22H28N2O2/c1-2-21(19-6-4-3-5-7-19)22(25)24-15-10-18(11-16-24)12-17-26-20-8-13-23-14-9-20/h3-9,13-14,18,21H,2,10-12,15-17H2,1H3/t21-/m1/s1. The van der Waals surface area contributed by atoms with Crippen molar-refractivity contribution in [2.75, 3.05) is 19.7 Å². The number of piperidine rings is 1. The third kappa shape index (κ3) is 4.84. The smallest absolute Gasteiger partial charge is 0.230 e. The van der Waals surface area contributed by atoms with E-state index in [1.165, 1.54) is 0 Å². The number of pyridine rings is 1. The van der Waals surface area contributed by atoms with Crippen molar-refractivity contribution >= 4 is 5.91 Å². The van der Waals surface area contributed by atoms with Gasteiger partial charge < -0.3 is 9.64 Å². The van der Waals surface area contributed by atoms with Gasteiger partial charge in [-0.3, -0.25) is 9.78 Å². The third-order valence-electron chi connectivity index (χ3n) is 5.28. The van der Waals surface area contributed by atoms with Crippen LogP contribution in [0, 0.1) is 5.92 Å². The minimum absolute atomic E-state index is 0.0113. The highest BCUT2D eigenvalue weighted by Crippen LogP contribution is 2.26. The van der Waals surface area contributed by atoms with Crippen molar-refractivity contribution in [3.8, 4) is 5.75 Å². The molecule has 1 aromatic heterocycles. The molecule has 0 unspecified atom stereocenters. The van der Waals surface area contributed by atoms with E-state index in [1.54, 1.807) is 12.4 Å². The molecule has 1 fully saturated rings. The predicted octanol–water partition coefficient (Wildman–Crippen LogP) is 4.28.